The van der Waals surface area contributed by atoms with Crippen LogP contribution in [0.2, 0.25) is 0 Å². The average Bonchev–Trinajstić information content (AvgIpc) is 2.95. The first-order valence-electron chi connectivity index (χ1n) is 6.46. The normalized spacial score (nSPS) is 12.6. The molecule has 6 heteroatoms. The van der Waals surface area contributed by atoms with Gasteiger partial charge in [0.05, 0.1) is 12.6 Å². The van der Waals surface area contributed by atoms with E-state index in [9.17, 15) is 0 Å². The highest BCUT2D eigenvalue weighted by molar-refractivity contribution is 5.45. The van der Waals surface area contributed by atoms with Gasteiger partial charge in [0.15, 0.2) is 6.29 Å². The minimum atomic E-state index is -0.273. The maximum atomic E-state index is 5.22. The molecule has 1 heterocycles. The summed E-state index contributed by atoms with van der Waals surface area (Å²) in [6.07, 6.45) is 2.97. The molecular weight excluding hydrogens is 256 g/mol. The Kier molecular flexibility index (Phi) is 5.09. The highest BCUT2D eigenvalue weighted by Gasteiger charge is 2.15. The average molecular weight is 276 g/mol. The van der Waals surface area contributed by atoms with Crippen molar-refractivity contribution in [1.29, 1.82) is 0 Å². The number of nitrogens with zero attached hydrogens (tertiary/aromatic N) is 3. The number of hydrogen-bond acceptors (Lipinski definition) is 5. The number of nitrogens with one attached hydrogen (secondary N) is 1. The van der Waals surface area contributed by atoms with Gasteiger partial charge in [0.2, 0.25) is 0 Å². The van der Waals surface area contributed by atoms with E-state index in [4.69, 9.17) is 9.47 Å². The molecule has 0 amide bonds. The van der Waals surface area contributed by atoms with Gasteiger partial charge in [-0.15, -0.1) is 0 Å². The van der Waals surface area contributed by atoms with Gasteiger partial charge in [-0.3, -0.25) is 0 Å². The van der Waals surface area contributed by atoms with Gasteiger partial charge in [-0.1, -0.05) is 12.1 Å². The van der Waals surface area contributed by atoms with Gasteiger partial charge < -0.3 is 14.8 Å². The van der Waals surface area contributed by atoms with Gasteiger partial charge in [0.1, 0.15) is 12.7 Å². The lowest BCUT2D eigenvalue weighted by Crippen LogP contribution is -2.33. The molecule has 0 bridgehead atoms. The minimum Gasteiger partial charge on any atom is -0.377 e. The van der Waals surface area contributed by atoms with Crippen LogP contribution in [-0.2, 0) is 16.0 Å². The molecule has 20 heavy (non-hydrogen) atoms. The molecule has 0 aliphatic rings. The molecule has 0 saturated carbocycles. The summed E-state index contributed by atoms with van der Waals surface area (Å²) in [5, 5.41) is 7.43. The van der Waals surface area contributed by atoms with Crippen LogP contribution in [0, 0.1) is 0 Å². The Balaban J connectivity index is 1.94. The molecule has 1 aromatic carbocycles. The number of aromatic nitrogens is 3. The maximum Gasteiger partial charge on any atom is 0.176 e. The molecule has 0 aliphatic heterocycles. The monoisotopic (exact) mass is 276 g/mol. The van der Waals surface area contributed by atoms with E-state index in [0.717, 1.165) is 5.69 Å². The van der Waals surface area contributed by atoms with Gasteiger partial charge in [-0.05, 0) is 24.6 Å². The van der Waals surface area contributed by atoms with Gasteiger partial charge in [-0.2, -0.15) is 5.10 Å². The second-order valence-corrected chi connectivity index (χ2v) is 4.56. The van der Waals surface area contributed by atoms with E-state index in [2.05, 4.69) is 27.5 Å². The Morgan fingerprint density at radius 1 is 1.20 bits per heavy atom. The zero-order valence-electron chi connectivity index (χ0n) is 12.0. The molecule has 6 nitrogen and oxygen atoms in total. The summed E-state index contributed by atoms with van der Waals surface area (Å²) in [6, 6.07) is 8.25. The van der Waals surface area contributed by atoms with E-state index in [1.165, 1.54) is 11.9 Å². The lowest BCUT2D eigenvalue weighted by atomic mass is 10.2. The molecule has 0 radical (unpaired) electrons. The van der Waals surface area contributed by atoms with Crippen molar-refractivity contribution in [3.05, 3.63) is 42.5 Å². The zero-order chi connectivity index (χ0) is 14.4. The number of benzene rings is 1. The fourth-order valence-electron chi connectivity index (χ4n) is 2.04. The molecule has 1 atom stereocenters. The number of ether oxygens (including phenoxy) is 2. The number of hydrogen-bond donors (Lipinski definition) is 1. The molecular formula is C14H20N4O2. The van der Waals surface area contributed by atoms with E-state index in [0.29, 0.717) is 6.54 Å². The largest absolute Gasteiger partial charge is 0.377 e. The molecule has 0 aliphatic carbocycles. The van der Waals surface area contributed by atoms with Crippen LogP contribution in [0.25, 0.3) is 0 Å². The minimum absolute atomic E-state index is 0.0613. The van der Waals surface area contributed by atoms with Gasteiger partial charge >= 0.3 is 0 Å². The van der Waals surface area contributed by atoms with Gasteiger partial charge in [0.25, 0.3) is 0 Å². The third kappa shape index (κ3) is 3.79. The third-order valence-corrected chi connectivity index (χ3v) is 3.03. The van der Waals surface area contributed by atoms with E-state index in [1.807, 2.05) is 19.1 Å². The molecule has 108 valence electrons. The highest BCUT2D eigenvalue weighted by Crippen LogP contribution is 2.13. The van der Waals surface area contributed by atoms with Crippen LogP contribution < -0.4 is 5.32 Å². The summed E-state index contributed by atoms with van der Waals surface area (Å²) >= 11 is 0. The predicted molar refractivity (Wildman–Crippen MR) is 76.5 cm³/mol. The molecule has 2 aromatic rings. The lowest BCUT2D eigenvalue weighted by molar-refractivity contribution is -0.109. The number of rotatable bonds is 7. The summed E-state index contributed by atoms with van der Waals surface area (Å²) in [7, 11) is 3.27. The Hall–Kier alpha value is -1.92. The van der Waals surface area contributed by atoms with Crippen LogP contribution in [-0.4, -0.2) is 41.3 Å². The van der Waals surface area contributed by atoms with Crippen LogP contribution in [0.5, 0.6) is 0 Å². The summed E-state index contributed by atoms with van der Waals surface area (Å²) < 4.78 is 12.2. The molecule has 1 N–H and O–H groups in total. The van der Waals surface area contributed by atoms with Crippen LogP contribution in [0.3, 0.4) is 0 Å². The number of methoxy groups -OCH3 is 2. The first-order valence-corrected chi connectivity index (χ1v) is 6.46. The Morgan fingerprint density at radius 2 is 1.90 bits per heavy atom. The van der Waals surface area contributed by atoms with E-state index in [-0.39, 0.29) is 12.3 Å². The van der Waals surface area contributed by atoms with Crippen LogP contribution in [0.15, 0.2) is 36.9 Å². The predicted octanol–water partition coefficient (Wildman–Crippen LogP) is 1.75. The topological polar surface area (TPSA) is 61.2 Å². The standard InChI is InChI=1S/C14H20N4O2/c1-11(14(19-2)20-3)17-13-6-4-12(5-7-13)8-18-10-15-9-16-18/h4-7,9-11,14,17H,8H2,1-3H3. The van der Waals surface area contributed by atoms with E-state index < -0.39 is 0 Å². The summed E-state index contributed by atoms with van der Waals surface area (Å²) in [5.41, 5.74) is 2.20. The molecule has 2 rings (SSSR count). The van der Waals surface area contributed by atoms with Crippen molar-refractivity contribution in [3.8, 4) is 0 Å². The summed E-state index contributed by atoms with van der Waals surface area (Å²) in [4.78, 5) is 3.93. The fourth-order valence-corrected chi connectivity index (χ4v) is 2.04. The van der Waals surface area contributed by atoms with Crippen LogP contribution >= 0.6 is 0 Å². The van der Waals surface area contributed by atoms with Gasteiger partial charge in [-0.25, -0.2) is 9.67 Å². The second kappa shape index (κ2) is 7.02. The van der Waals surface area contributed by atoms with Crippen molar-refractivity contribution in [2.75, 3.05) is 19.5 Å². The zero-order valence-corrected chi connectivity index (χ0v) is 12.0. The maximum absolute atomic E-state index is 5.22. The molecule has 1 aromatic heterocycles. The highest BCUT2D eigenvalue weighted by atomic mass is 16.7. The van der Waals surface area contributed by atoms with Crippen LogP contribution in [0.1, 0.15) is 12.5 Å². The Bertz CT molecular complexity index is 494. The van der Waals surface area contributed by atoms with E-state index in [1.54, 1.807) is 25.2 Å². The van der Waals surface area contributed by atoms with Crippen molar-refractivity contribution < 1.29 is 9.47 Å². The first-order chi connectivity index (χ1) is 9.72. The van der Waals surface area contributed by atoms with Crippen molar-refractivity contribution >= 4 is 5.69 Å². The van der Waals surface area contributed by atoms with Crippen molar-refractivity contribution in [3.63, 3.8) is 0 Å². The smallest absolute Gasteiger partial charge is 0.176 e. The molecule has 0 fully saturated rings. The van der Waals surface area contributed by atoms with Crippen molar-refractivity contribution in [1.82, 2.24) is 14.8 Å². The number of anilines is 1. The fraction of sp³-hybridized carbons (Fsp3) is 0.429. The van der Waals surface area contributed by atoms with E-state index >= 15 is 0 Å². The Labute approximate surface area is 118 Å². The third-order valence-electron chi connectivity index (χ3n) is 3.03. The van der Waals surface area contributed by atoms with Gasteiger partial charge in [0, 0.05) is 19.9 Å². The van der Waals surface area contributed by atoms with Crippen LogP contribution in [0.4, 0.5) is 5.69 Å². The van der Waals surface area contributed by atoms with Crippen molar-refractivity contribution in [2.24, 2.45) is 0 Å². The molecule has 1 unspecified atom stereocenters. The van der Waals surface area contributed by atoms with Crippen molar-refractivity contribution in [2.45, 2.75) is 25.8 Å². The Morgan fingerprint density at radius 3 is 2.45 bits per heavy atom. The quantitative estimate of drug-likeness (QED) is 0.781. The summed E-state index contributed by atoms with van der Waals surface area (Å²) in [6.45, 7) is 2.73. The summed E-state index contributed by atoms with van der Waals surface area (Å²) in [5.74, 6) is 0. The first kappa shape index (κ1) is 14.5. The molecule has 0 spiro atoms. The SMILES string of the molecule is COC(OC)C(C)Nc1ccc(Cn2cncn2)cc1. The molecule has 0 saturated heterocycles. The second-order valence-electron chi connectivity index (χ2n) is 4.56. The lowest BCUT2D eigenvalue weighted by Gasteiger charge is -2.23.